The lowest BCUT2D eigenvalue weighted by Crippen LogP contribution is -2.36. The molecule has 1 N–H and O–H groups in total. The number of likely N-dealkylation sites (tertiary alicyclic amines) is 1. The third-order valence-electron chi connectivity index (χ3n) is 4.36. The van der Waals surface area contributed by atoms with E-state index in [0.717, 1.165) is 49.8 Å². The van der Waals surface area contributed by atoms with Crippen molar-refractivity contribution >= 4 is 5.91 Å². The van der Waals surface area contributed by atoms with E-state index < -0.39 is 18.6 Å². The minimum absolute atomic E-state index is 0.0969. The highest BCUT2D eigenvalue weighted by molar-refractivity contribution is 5.93. The van der Waals surface area contributed by atoms with Gasteiger partial charge in [0.05, 0.1) is 17.8 Å². The summed E-state index contributed by atoms with van der Waals surface area (Å²) in [5.41, 5.74) is 0.102. The Balaban J connectivity index is 1.64. The fourth-order valence-electron chi connectivity index (χ4n) is 3.14. The number of nitrogens with one attached hydrogen (secondary N) is 1. The van der Waals surface area contributed by atoms with Crippen LogP contribution in [0.2, 0.25) is 0 Å². The summed E-state index contributed by atoms with van der Waals surface area (Å²) in [6, 6.07) is 3.67. The molecule has 0 saturated carbocycles. The van der Waals surface area contributed by atoms with Gasteiger partial charge < -0.3 is 9.73 Å². The average Bonchev–Trinajstić information content (AvgIpc) is 3.28. The van der Waals surface area contributed by atoms with Crippen LogP contribution in [0, 0.1) is 6.92 Å². The SMILES string of the molecule is Cc1ccc(C(CNC(=O)c2cnn(CC(F)(F)F)c2)N2CCCC2)o1. The van der Waals surface area contributed by atoms with Crippen molar-refractivity contribution in [3.63, 3.8) is 0 Å². The van der Waals surface area contributed by atoms with Crippen LogP contribution in [0.1, 0.15) is 40.8 Å². The number of furan rings is 1. The van der Waals surface area contributed by atoms with E-state index in [-0.39, 0.29) is 11.6 Å². The average molecular weight is 370 g/mol. The third-order valence-corrected chi connectivity index (χ3v) is 4.36. The highest BCUT2D eigenvalue weighted by Crippen LogP contribution is 2.26. The Morgan fingerprint density at radius 3 is 2.69 bits per heavy atom. The molecule has 1 unspecified atom stereocenters. The number of rotatable bonds is 6. The van der Waals surface area contributed by atoms with Crippen molar-refractivity contribution in [3.05, 3.63) is 41.6 Å². The van der Waals surface area contributed by atoms with Crippen molar-refractivity contribution in [3.8, 4) is 0 Å². The molecule has 1 fully saturated rings. The van der Waals surface area contributed by atoms with Gasteiger partial charge in [-0.25, -0.2) is 0 Å². The van der Waals surface area contributed by atoms with Gasteiger partial charge in [-0.3, -0.25) is 14.4 Å². The van der Waals surface area contributed by atoms with E-state index in [9.17, 15) is 18.0 Å². The van der Waals surface area contributed by atoms with Crippen LogP contribution in [-0.2, 0) is 6.54 Å². The van der Waals surface area contributed by atoms with Crippen molar-refractivity contribution in [2.75, 3.05) is 19.6 Å². The van der Waals surface area contributed by atoms with Crippen molar-refractivity contribution in [2.45, 2.75) is 38.5 Å². The second kappa shape index (κ2) is 7.53. The van der Waals surface area contributed by atoms with Gasteiger partial charge in [-0.1, -0.05) is 0 Å². The number of nitrogens with zero attached hydrogens (tertiary/aromatic N) is 3. The zero-order chi connectivity index (χ0) is 18.7. The summed E-state index contributed by atoms with van der Waals surface area (Å²) in [5, 5.41) is 6.38. The van der Waals surface area contributed by atoms with Gasteiger partial charge in [0.25, 0.3) is 5.91 Å². The largest absolute Gasteiger partial charge is 0.465 e. The molecule has 1 amide bonds. The van der Waals surface area contributed by atoms with Crippen LogP contribution < -0.4 is 5.32 Å². The standard InChI is InChI=1S/C17H21F3N4O2/c1-12-4-5-15(26-12)14(23-6-2-3-7-23)9-21-16(25)13-8-22-24(10-13)11-17(18,19)20/h4-5,8,10,14H,2-3,6-7,9,11H2,1H3,(H,21,25). The van der Waals surface area contributed by atoms with Crippen LogP contribution in [0.5, 0.6) is 0 Å². The van der Waals surface area contributed by atoms with Gasteiger partial charge in [0, 0.05) is 12.7 Å². The van der Waals surface area contributed by atoms with E-state index >= 15 is 0 Å². The highest BCUT2D eigenvalue weighted by Gasteiger charge is 2.29. The fourth-order valence-corrected chi connectivity index (χ4v) is 3.14. The molecular weight excluding hydrogens is 349 g/mol. The molecule has 0 bridgehead atoms. The van der Waals surface area contributed by atoms with Gasteiger partial charge in [-0.05, 0) is 45.0 Å². The Hall–Kier alpha value is -2.29. The number of carbonyl (C=O) groups is 1. The van der Waals surface area contributed by atoms with Crippen LogP contribution in [0.15, 0.2) is 28.9 Å². The van der Waals surface area contributed by atoms with Crippen LogP contribution in [0.3, 0.4) is 0 Å². The summed E-state index contributed by atoms with van der Waals surface area (Å²) in [7, 11) is 0. The molecular formula is C17H21F3N4O2. The van der Waals surface area contributed by atoms with Gasteiger partial charge >= 0.3 is 6.18 Å². The lowest BCUT2D eigenvalue weighted by atomic mass is 10.2. The summed E-state index contributed by atoms with van der Waals surface area (Å²) < 4.78 is 43.6. The maximum atomic E-state index is 12.4. The summed E-state index contributed by atoms with van der Waals surface area (Å²) in [4.78, 5) is 14.5. The maximum Gasteiger partial charge on any atom is 0.408 e. The van der Waals surface area contributed by atoms with E-state index in [1.54, 1.807) is 0 Å². The van der Waals surface area contributed by atoms with Crippen LogP contribution >= 0.6 is 0 Å². The maximum absolute atomic E-state index is 12.4. The lowest BCUT2D eigenvalue weighted by Gasteiger charge is -2.26. The molecule has 0 spiro atoms. The quantitative estimate of drug-likeness (QED) is 0.849. The van der Waals surface area contributed by atoms with E-state index in [0.29, 0.717) is 11.2 Å². The molecule has 1 aliphatic rings. The third kappa shape index (κ3) is 4.66. The van der Waals surface area contributed by atoms with E-state index in [2.05, 4.69) is 15.3 Å². The number of hydrogen-bond donors (Lipinski definition) is 1. The topological polar surface area (TPSA) is 63.3 Å². The number of aromatic nitrogens is 2. The molecule has 142 valence electrons. The smallest absolute Gasteiger partial charge is 0.408 e. The second-order valence-electron chi connectivity index (χ2n) is 6.46. The van der Waals surface area contributed by atoms with Crippen molar-refractivity contribution in [1.29, 1.82) is 0 Å². The molecule has 1 atom stereocenters. The first-order valence-electron chi connectivity index (χ1n) is 8.49. The van der Waals surface area contributed by atoms with Gasteiger partial charge in [-0.2, -0.15) is 18.3 Å². The first-order chi connectivity index (χ1) is 12.3. The van der Waals surface area contributed by atoms with Gasteiger partial charge in [-0.15, -0.1) is 0 Å². The van der Waals surface area contributed by atoms with Crippen LogP contribution in [0.25, 0.3) is 0 Å². The number of amides is 1. The highest BCUT2D eigenvalue weighted by atomic mass is 19.4. The van der Waals surface area contributed by atoms with Crippen molar-refractivity contribution in [2.24, 2.45) is 0 Å². The number of halogens is 3. The van der Waals surface area contributed by atoms with Crippen molar-refractivity contribution in [1.82, 2.24) is 20.0 Å². The minimum Gasteiger partial charge on any atom is -0.465 e. The van der Waals surface area contributed by atoms with Gasteiger partial charge in [0.15, 0.2) is 0 Å². The molecule has 3 heterocycles. The summed E-state index contributed by atoms with van der Waals surface area (Å²) in [6.45, 7) is 2.80. The van der Waals surface area contributed by atoms with Gasteiger partial charge in [0.2, 0.25) is 0 Å². The molecule has 26 heavy (non-hydrogen) atoms. The van der Waals surface area contributed by atoms with Crippen LogP contribution in [0.4, 0.5) is 13.2 Å². The Morgan fingerprint density at radius 2 is 2.08 bits per heavy atom. The molecule has 1 aliphatic heterocycles. The molecule has 2 aromatic rings. The molecule has 0 radical (unpaired) electrons. The summed E-state index contributed by atoms with van der Waals surface area (Å²) in [5.74, 6) is 1.12. The van der Waals surface area contributed by atoms with E-state index in [4.69, 9.17) is 4.42 Å². The van der Waals surface area contributed by atoms with Crippen molar-refractivity contribution < 1.29 is 22.4 Å². The normalized spacial score (nSPS) is 16.8. The monoisotopic (exact) mass is 370 g/mol. The van der Waals surface area contributed by atoms with Crippen LogP contribution in [-0.4, -0.2) is 46.4 Å². The molecule has 1 saturated heterocycles. The lowest BCUT2D eigenvalue weighted by molar-refractivity contribution is -0.142. The van der Waals surface area contributed by atoms with E-state index in [1.165, 1.54) is 0 Å². The fraction of sp³-hybridized carbons (Fsp3) is 0.529. The Bertz CT molecular complexity index is 747. The molecule has 0 aromatic carbocycles. The molecule has 6 nitrogen and oxygen atoms in total. The summed E-state index contributed by atoms with van der Waals surface area (Å²) >= 11 is 0. The number of hydrogen-bond acceptors (Lipinski definition) is 4. The number of alkyl halides is 3. The Labute approximate surface area is 149 Å². The zero-order valence-electron chi connectivity index (χ0n) is 14.4. The Kier molecular flexibility index (Phi) is 5.36. The predicted molar refractivity (Wildman–Crippen MR) is 87.6 cm³/mol. The summed E-state index contributed by atoms with van der Waals surface area (Å²) in [6.07, 6.45) is 0.0498. The molecule has 9 heteroatoms. The first-order valence-corrected chi connectivity index (χ1v) is 8.49. The van der Waals surface area contributed by atoms with E-state index in [1.807, 2.05) is 19.1 Å². The number of carbonyl (C=O) groups excluding carboxylic acids is 1. The molecule has 0 aliphatic carbocycles. The number of aryl methyl sites for hydroxylation is 1. The Morgan fingerprint density at radius 1 is 1.35 bits per heavy atom. The second-order valence-corrected chi connectivity index (χ2v) is 6.46. The predicted octanol–water partition coefficient (Wildman–Crippen LogP) is 2.91. The molecule has 3 rings (SSSR count). The zero-order valence-corrected chi connectivity index (χ0v) is 14.4. The van der Waals surface area contributed by atoms with Gasteiger partial charge in [0.1, 0.15) is 18.1 Å². The first kappa shape index (κ1) is 18.5. The molecule has 2 aromatic heterocycles. The minimum atomic E-state index is -4.38.